The van der Waals surface area contributed by atoms with Gasteiger partial charge in [0.2, 0.25) is 11.8 Å². The van der Waals surface area contributed by atoms with Crippen LogP contribution >= 0.6 is 0 Å². The minimum absolute atomic E-state index is 0.0344. The fourth-order valence-corrected chi connectivity index (χ4v) is 7.59. The lowest BCUT2D eigenvalue weighted by Gasteiger charge is -2.30. The Balaban J connectivity index is 1.22. The van der Waals surface area contributed by atoms with Gasteiger partial charge in [-0.25, -0.2) is 18.8 Å². The SMILES string of the molecule is CC(C)(C)OC(=O)N[C@H]1CCCCC[C@H]2C[C@H]2C2CC2(C(=O)O)NC(=O)[C@@H]2C[C@@H](OC(=O)N3Cc4cccc(F)c4C3)CN2C1=O. The summed E-state index contributed by atoms with van der Waals surface area (Å²) in [4.78, 5) is 69.1. The predicted molar refractivity (Wildman–Crippen MR) is 160 cm³/mol. The molecule has 3 N–H and O–H groups in total. The summed E-state index contributed by atoms with van der Waals surface area (Å²) in [5, 5.41) is 15.7. The topological polar surface area (TPSA) is 155 Å². The summed E-state index contributed by atoms with van der Waals surface area (Å²) in [5.74, 6) is -2.17. The standard InChI is InChI=1S/C33H43FN4O8/c1-32(2,3)46-30(43)35-25-11-6-4-5-8-18-12-21(18)23-14-33(23,29(41)42)36-27(39)26-13-20(16-38(26)28(25)40)45-31(44)37-15-19-9-7-10-24(34)22(19)17-37/h7,9-10,18,20-21,23,25-26H,4-6,8,11-17H2,1-3H3,(H,35,43)(H,36,39)(H,41,42)/t18-,20+,21+,23?,25-,26-,33?/m0/s1. The third kappa shape index (κ3) is 6.50. The minimum Gasteiger partial charge on any atom is -0.479 e. The van der Waals surface area contributed by atoms with E-state index >= 15 is 0 Å². The molecule has 250 valence electrons. The molecule has 4 fully saturated rings. The van der Waals surface area contributed by atoms with Gasteiger partial charge in [-0.3, -0.25) is 14.5 Å². The fourth-order valence-electron chi connectivity index (χ4n) is 7.59. The summed E-state index contributed by atoms with van der Waals surface area (Å²) in [6.45, 7) is 5.22. The molecule has 5 aliphatic rings. The van der Waals surface area contributed by atoms with Crippen molar-refractivity contribution in [3.8, 4) is 0 Å². The zero-order valence-electron chi connectivity index (χ0n) is 26.6. The summed E-state index contributed by atoms with van der Waals surface area (Å²) in [6.07, 6.45) is 2.55. The van der Waals surface area contributed by atoms with Gasteiger partial charge in [-0.1, -0.05) is 37.8 Å². The lowest BCUT2D eigenvalue weighted by molar-refractivity contribution is -0.146. The highest BCUT2D eigenvalue weighted by Gasteiger charge is 2.68. The first-order chi connectivity index (χ1) is 21.8. The van der Waals surface area contributed by atoms with E-state index in [1.807, 2.05) is 0 Å². The van der Waals surface area contributed by atoms with E-state index in [9.17, 15) is 33.5 Å². The number of carbonyl (C=O) groups excluding carboxylic acids is 4. The van der Waals surface area contributed by atoms with Gasteiger partial charge in [0.15, 0.2) is 0 Å². The predicted octanol–water partition coefficient (Wildman–Crippen LogP) is 3.70. The van der Waals surface area contributed by atoms with Gasteiger partial charge in [-0.05, 0) is 69.4 Å². The Morgan fingerprint density at radius 2 is 1.85 bits per heavy atom. The molecule has 0 radical (unpaired) electrons. The molecule has 2 saturated heterocycles. The Kier molecular flexibility index (Phi) is 8.39. The second-order valence-corrected chi connectivity index (χ2v) is 14.6. The van der Waals surface area contributed by atoms with Crippen molar-refractivity contribution >= 4 is 30.0 Å². The number of nitrogens with zero attached hydrogens (tertiary/aromatic N) is 2. The average molecular weight is 643 g/mol. The van der Waals surface area contributed by atoms with Crippen LogP contribution in [0.15, 0.2) is 18.2 Å². The Morgan fingerprint density at radius 1 is 1.09 bits per heavy atom. The normalized spacial score (nSPS) is 32.4. The first kappa shape index (κ1) is 32.1. The van der Waals surface area contributed by atoms with Gasteiger partial charge in [0.25, 0.3) is 0 Å². The van der Waals surface area contributed by atoms with Gasteiger partial charge in [-0.2, -0.15) is 0 Å². The average Bonchev–Trinajstić information content (AvgIpc) is 3.78. The third-order valence-electron chi connectivity index (χ3n) is 10.1. The van der Waals surface area contributed by atoms with Gasteiger partial charge >= 0.3 is 18.2 Å². The molecular weight excluding hydrogens is 599 g/mol. The molecule has 6 rings (SSSR count). The van der Waals surface area contributed by atoms with E-state index in [1.165, 1.54) is 15.9 Å². The smallest absolute Gasteiger partial charge is 0.410 e. The van der Waals surface area contributed by atoms with Crippen molar-refractivity contribution in [2.75, 3.05) is 6.54 Å². The number of nitrogens with one attached hydrogen (secondary N) is 2. The maximum Gasteiger partial charge on any atom is 0.410 e. The molecule has 2 unspecified atom stereocenters. The fraction of sp³-hybridized carbons (Fsp3) is 0.667. The van der Waals surface area contributed by atoms with E-state index in [4.69, 9.17) is 9.47 Å². The molecule has 12 nitrogen and oxygen atoms in total. The van der Waals surface area contributed by atoms with Gasteiger partial charge in [0.1, 0.15) is 35.1 Å². The van der Waals surface area contributed by atoms with Crippen LogP contribution in [0, 0.1) is 23.6 Å². The molecule has 3 heterocycles. The Bertz CT molecular complexity index is 1430. The monoisotopic (exact) mass is 642 g/mol. The molecule has 0 bridgehead atoms. The van der Waals surface area contributed by atoms with E-state index < -0.39 is 65.1 Å². The largest absolute Gasteiger partial charge is 0.479 e. The van der Waals surface area contributed by atoms with Crippen LogP contribution in [0.25, 0.3) is 0 Å². The van der Waals surface area contributed by atoms with Crippen LogP contribution < -0.4 is 10.6 Å². The van der Waals surface area contributed by atoms with Crippen LogP contribution in [0.5, 0.6) is 0 Å². The first-order valence-corrected chi connectivity index (χ1v) is 16.3. The quantitative estimate of drug-likeness (QED) is 0.451. The lowest BCUT2D eigenvalue weighted by Crippen LogP contribution is -2.56. The van der Waals surface area contributed by atoms with E-state index in [1.54, 1.807) is 32.9 Å². The van der Waals surface area contributed by atoms with Crippen molar-refractivity contribution in [1.82, 2.24) is 20.4 Å². The number of ether oxygens (including phenoxy) is 2. The number of carboxylic acids is 1. The second kappa shape index (κ2) is 12.0. The highest BCUT2D eigenvalue weighted by molar-refractivity contribution is 5.96. The molecule has 2 saturated carbocycles. The Hall–Kier alpha value is -3.90. The molecule has 46 heavy (non-hydrogen) atoms. The number of aliphatic carboxylic acids is 1. The number of fused-ring (bicyclic) bond motifs is 5. The summed E-state index contributed by atoms with van der Waals surface area (Å²) in [6, 6.07) is 2.52. The van der Waals surface area contributed by atoms with Crippen molar-refractivity contribution in [1.29, 1.82) is 0 Å². The number of carbonyl (C=O) groups is 5. The van der Waals surface area contributed by atoms with Crippen LogP contribution in [-0.2, 0) is 36.9 Å². The molecular formula is C33H43FN4O8. The number of rotatable bonds is 3. The number of hydrogen-bond donors (Lipinski definition) is 3. The maximum absolute atomic E-state index is 14.3. The molecule has 0 aromatic heterocycles. The maximum atomic E-state index is 14.3. The van der Waals surface area contributed by atoms with Crippen LogP contribution in [0.3, 0.4) is 0 Å². The number of halogens is 1. The highest BCUT2D eigenvalue weighted by Crippen LogP contribution is 2.61. The summed E-state index contributed by atoms with van der Waals surface area (Å²) < 4.78 is 25.5. The molecule has 1 aromatic rings. The van der Waals surface area contributed by atoms with Crippen LogP contribution in [0.4, 0.5) is 14.0 Å². The molecule has 3 aliphatic heterocycles. The van der Waals surface area contributed by atoms with Crippen LogP contribution in [0.2, 0.25) is 0 Å². The van der Waals surface area contributed by atoms with Crippen molar-refractivity contribution < 1.29 is 42.9 Å². The van der Waals surface area contributed by atoms with Crippen molar-refractivity contribution in [2.24, 2.45) is 17.8 Å². The molecule has 4 amide bonds. The molecule has 1 aromatic carbocycles. The van der Waals surface area contributed by atoms with Gasteiger partial charge in [-0.15, -0.1) is 0 Å². The number of amides is 4. The Morgan fingerprint density at radius 3 is 2.57 bits per heavy atom. The number of alkyl carbamates (subject to hydrolysis) is 1. The van der Waals surface area contributed by atoms with Crippen LogP contribution in [0.1, 0.15) is 83.3 Å². The van der Waals surface area contributed by atoms with E-state index in [-0.39, 0.29) is 37.9 Å². The number of benzene rings is 1. The van der Waals surface area contributed by atoms with E-state index in [0.717, 1.165) is 25.7 Å². The van der Waals surface area contributed by atoms with E-state index in [2.05, 4.69) is 10.6 Å². The zero-order chi connectivity index (χ0) is 33.0. The van der Waals surface area contributed by atoms with Gasteiger partial charge in [0.05, 0.1) is 13.1 Å². The van der Waals surface area contributed by atoms with Crippen molar-refractivity contribution in [3.63, 3.8) is 0 Å². The Labute approximate surface area is 267 Å². The van der Waals surface area contributed by atoms with E-state index in [0.29, 0.717) is 36.3 Å². The number of hydrogen-bond acceptors (Lipinski definition) is 7. The molecule has 13 heteroatoms. The summed E-state index contributed by atoms with van der Waals surface area (Å²) >= 11 is 0. The zero-order valence-corrected chi connectivity index (χ0v) is 26.6. The molecule has 2 aliphatic carbocycles. The highest BCUT2D eigenvalue weighted by atomic mass is 19.1. The second-order valence-electron chi connectivity index (χ2n) is 14.6. The molecule has 0 spiro atoms. The number of carboxylic acid groups (broad SMARTS) is 1. The third-order valence-corrected chi connectivity index (χ3v) is 10.1. The van der Waals surface area contributed by atoms with Crippen molar-refractivity contribution in [2.45, 2.75) is 115 Å². The van der Waals surface area contributed by atoms with Gasteiger partial charge in [0, 0.05) is 18.5 Å². The summed E-state index contributed by atoms with van der Waals surface area (Å²) in [7, 11) is 0. The van der Waals surface area contributed by atoms with Crippen molar-refractivity contribution in [3.05, 3.63) is 35.1 Å². The first-order valence-electron chi connectivity index (χ1n) is 16.3. The summed E-state index contributed by atoms with van der Waals surface area (Å²) in [5.41, 5.74) is -1.09. The van der Waals surface area contributed by atoms with Gasteiger partial charge < -0.3 is 30.1 Å². The minimum atomic E-state index is -1.39. The molecule has 7 atom stereocenters. The lowest BCUT2D eigenvalue weighted by atomic mass is 10.0. The van der Waals surface area contributed by atoms with Crippen LogP contribution in [-0.4, -0.2) is 80.7 Å².